The Hall–Kier alpha value is -0.670. The van der Waals surface area contributed by atoms with Gasteiger partial charge in [0.15, 0.2) is 11.1 Å². The summed E-state index contributed by atoms with van der Waals surface area (Å²) in [6.45, 7) is 4.19. The van der Waals surface area contributed by atoms with Crippen LogP contribution in [0.15, 0.2) is 29.2 Å². The first-order valence-electron chi connectivity index (χ1n) is 5.82. The van der Waals surface area contributed by atoms with Crippen molar-refractivity contribution in [2.24, 2.45) is 5.92 Å². The summed E-state index contributed by atoms with van der Waals surface area (Å²) in [5, 5.41) is 0. The van der Waals surface area contributed by atoms with Crippen LogP contribution in [0.2, 0.25) is 0 Å². The van der Waals surface area contributed by atoms with Gasteiger partial charge in [0.2, 0.25) is 0 Å². The second-order valence-electron chi connectivity index (χ2n) is 4.59. The zero-order valence-corrected chi connectivity index (χ0v) is 10.6. The molecule has 0 heterocycles. The van der Waals surface area contributed by atoms with Gasteiger partial charge in [0.05, 0.1) is 11.0 Å². The fraction of sp³-hybridized carbons (Fsp3) is 0.538. The summed E-state index contributed by atoms with van der Waals surface area (Å²) in [7, 11) is 0. The number of rotatable bonds is 3. The molecular formula is C13H18O2S. The second-order valence-corrected chi connectivity index (χ2v) is 5.72. The lowest BCUT2D eigenvalue weighted by Crippen LogP contribution is -2.17. The maximum atomic E-state index is 11.9. The van der Waals surface area contributed by atoms with E-state index in [-0.39, 0.29) is 6.10 Å². The maximum Gasteiger partial charge on any atom is 0.189 e. The van der Waals surface area contributed by atoms with E-state index in [2.05, 4.69) is 6.92 Å². The van der Waals surface area contributed by atoms with Crippen LogP contribution in [-0.4, -0.2) is 10.3 Å². The molecule has 3 unspecified atom stereocenters. The molecule has 1 aliphatic carbocycles. The Morgan fingerprint density at radius 2 is 1.94 bits per heavy atom. The predicted octanol–water partition coefficient (Wildman–Crippen LogP) is 3.22. The van der Waals surface area contributed by atoms with Crippen LogP contribution < -0.4 is 0 Å². The highest BCUT2D eigenvalue weighted by atomic mass is 32.2. The summed E-state index contributed by atoms with van der Waals surface area (Å²) in [4.78, 5) is 0.768. The second kappa shape index (κ2) is 5.11. The molecule has 3 heteroatoms. The van der Waals surface area contributed by atoms with Crippen LogP contribution in [0, 0.1) is 12.8 Å². The molecule has 1 saturated carbocycles. The molecule has 1 fully saturated rings. The molecule has 1 aliphatic rings. The van der Waals surface area contributed by atoms with Gasteiger partial charge >= 0.3 is 0 Å². The van der Waals surface area contributed by atoms with E-state index in [1.807, 2.05) is 31.2 Å². The number of benzene rings is 1. The summed E-state index contributed by atoms with van der Waals surface area (Å²) >= 11 is -1.30. The monoisotopic (exact) mass is 238 g/mol. The molecule has 0 aromatic heterocycles. The third-order valence-electron chi connectivity index (χ3n) is 3.21. The SMILES string of the molecule is Cc1ccc(S(=O)OC2CCCC2C)cc1. The maximum absolute atomic E-state index is 11.9. The predicted molar refractivity (Wildman–Crippen MR) is 65.5 cm³/mol. The lowest BCUT2D eigenvalue weighted by Gasteiger charge is -2.14. The van der Waals surface area contributed by atoms with Crippen LogP contribution in [0.25, 0.3) is 0 Å². The van der Waals surface area contributed by atoms with Gasteiger partial charge in [0.1, 0.15) is 0 Å². The minimum absolute atomic E-state index is 0.169. The standard InChI is InChI=1S/C13H18O2S/c1-10-6-8-12(9-7-10)16(14)15-13-5-3-4-11(13)2/h6-9,11,13H,3-5H2,1-2H3. The average Bonchev–Trinajstić information content (AvgIpc) is 2.65. The molecule has 2 nitrogen and oxygen atoms in total. The first kappa shape index (κ1) is 11.8. The zero-order chi connectivity index (χ0) is 11.5. The molecule has 0 bridgehead atoms. The topological polar surface area (TPSA) is 26.3 Å². The molecular weight excluding hydrogens is 220 g/mol. The van der Waals surface area contributed by atoms with E-state index < -0.39 is 11.1 Å². The van der Waals surface area contributed by atoms with Gasteiger partial charge in [-0.25, -0.2) is 4.21 Å². The van der Waals surface area contributed by atoms with Gasteiger partial charge in [-0.15, -0.1) is 0 Å². The van der Waals surface area contributed by atoms with E-state index in [9.17, 15) is 4.21 Å². The molecule has 3 atom stereocenters. The molecule has 2 rings (SSSR count). The van der Waals surface area contributed by atoms with Gasteiger partial charge < -0.3 is 0 Å². The van der Waals surface area contributed by atoms with Crippen molar-refractivity contribution in [3.8, 4) is 0 Å². The Morgan fingerprint density at radius 1 is 1.25 bits per heavy atom. The fourth-order valence-electron chi connectivity index (χ4n) is 2.07. The molecule has 0 N–H and O–H groups in total. The Bertz CT molecular complexity index is 372. The first-order chi connectivity index (χ1) is 7.66. The number of hydrogen-bond acceptors (Lipinski definition) is 2. The van der Waals surface area contributed by atoms with Gasteiger partial charge in [-0.3, -0.25) is 4.18 Å². The molecule has 16 heavy (non-hydrogen) atoms. The van der Waals surface area contributed by atoms with Crippen molar-refractivity contribution in [1.29, 1.82) is 0 Å². The number of aryl methyl sites for hydroxylation is 1. The van der Waals surface area contributed by atoms with Crippen LogP contribution in [0.3, 0.4) is 0 Å². The average molecular weight is 238 g/mol. The quantitative estimate of drug-likeness (QED) is 0.808. The summed E-state index contributed by atoms with van der Waals surface area (Å²) in [6.07, 6.45) is 3.59. The third-order valence-corrected chi connectivity index (χ3v) is 4.29. The largest absolute Gasteiger partial charge is 0.283 e. The van der Waals surface area contributed by atoms with Gasteiger partial charge in [-0.05, 0) is 37.8 Å². The summed E-state index contributed by atoms with van der Waals surface area (Å²) in [6, 6.07) is 7.69. The smallest absolute Gasteiger partial charge is 0.189 e. The van der Waals surface area contributed by atoms with Crippen molar-refractivity contribution in [3.05, 3.63) is 29.8 Å². The van der Waals surface area contributed by atoms with Crippen LogP contribution in [0.5, 0.6) is 0 Å². The highest BCUT2D eigenvalue weighted by molar-refractivity contribution is 7.80. The fourth-order valence-corrected chi connectivity index (χ4v) is 3.05. The van der Waals surface area contributed by atoms with Crippen LogP contribution >= 0.6 is 0 Å². The van der Waals surface area contributed by atoms with Gasteiger partial charge in [-0.1, -0.05) is 31.0 Å². The van der Waals surface area contributed by atoms with Crippen molar-refractivity contribution in [3.63, 3.8) is 0 Å². The minimum Gasteiger partial charge on any atom is -0.283 e. The molecule has 1 aromatic rings. The Morgan fingerprint density at radius 3 is 2.50 bits per heavy atom. The van der Waals surface area contributed by atoms with Crippen molar-refractivity contribution in [2.45, 2.75) is 44.1 Å². The van der Waals surface area contributed by atoms with E-state index in [1.165, 1.54) is 18.4 Å². The van der Waals surface area contributed by atoms with Gasteiger partial charge in [0, 0.05) is 0 Å². The Kier molecular flexibility index (Phi) is 3.77. The van der Waals surface area contributed by atoms with Crippen molar-refractivity contribution in [1.82, 2.24) is 0 Å². The first-order valence-corrected chi connectivity index (χ1v) is 6.90. The zero-order valence-electron chi connectivity index (χ0n) is 9.81. The van der Waals surface area contributed by atoms with Crippen molar-refractivity contribution in [2.75, 3.05) is 0 Å². The summed E-state index contributed by atoms with van der Waals surface area (Å²) in [5.74, 6) is 0.536. The minimum atomic E-state index is -1.30. The Labute approximate surface area is 99.7 Å². The highest BCUT2D eigenvalue weighted by Gasteiger charge is 2.26. The molecule has 88 valence electrons. The summed E-state index contributed by atoms with van der Waals surface area (Å²) in [5.41, 5.74) is 1.18. The lowest BCUT2D eigenvalue weighted by atomic mass is 10.1. The van der Waals surface area contributed by atoms with Crippen molar-refractivity contribution < 1.29 is 8.39 Å². The van der Waals surface area contributed by atoms with E-state index in [0.717, 1.165) is 11.3 Å². The molecule has 0 spiro atoms. The van der Waals surface area contributed by atoms with Gasteiger partial charge in [0.25, 0.3) is 0 Å². The van der Waals surface area contributed by atoms with E-state index in [4.69, 9.17) is 4.18 Å². The number of hydrogen-bond donors (Lipinski definition) is 0. The van der Waals surface area contributed by atoms with Crippen molar-refractivity contribution >= 4 is 11.1 Å². The van der Waals surface area contributed by atoms with Crippen LogP contribution in [-0.2, 0) is 15.3 Å². The summed E-state index contributed by atoms with van der Waals surface area (Å²) < 4.78 is 17.6. The van der Waals surface area contributed by atoms with Gasteiger partial charge in [-0.2, -0.15) is 0 Å². The van der Waals surface area contributed by atoms with E-state index in [0.29, 0.717) is 5.92 Å². The molecule has 0 radical (unpaired) electrons. The molecule has 0 aliphatic heterocycles. The molecule has 1 aromatic carbocycles. The molecule has 0 amide bonds. The Balaban J connectivity index is 2.00. The van der Waals surface area contributed by atoms with Crippen LogP contribution in [0.1, 0.15) is 31.7 Å². The third kappa shape index (κ3) is 2.71. The molecule has 0 saturated heterocycles. The van der Waals surface area contributed by atoms with Crippen LogP contribution in [0.4, 0.5) is 0 Å². The normalized spacial score (nSPS) is 26.9. The van der Waals surface area contributed by atoms with E-state index >= 15 is 0 Å². The lowest BCUT2D eigenvalue weighted by molar-refractivity contribution is 0.188. The highest BCUT2D eigenvalue weighted by Crippen LogP contribution is 2.29. The van der Waals surface area contributed by atoms with E-state index in [1.54, 1.807) is 0 Å².